The van der Waals surface area contributed by atoms with Crippen molar-refractivity contribution >= 4 is 17.4 Å². The second kappa shape index (κ2) is 4.34. The fourth-order valence-electron chi connectivity index (χ4n) is 1.90. The number of ether oxygens (including phenoxy) is 2. The molecule has 2 rings (SSSR count). The number of rotatable bonds is 3. The van der Waals surface area contributed by atoms with E-state index in [9.17, 15) is 4.79 Å². The van der Waals surface area contributed by atoms with Crippen LogP contribution in [0.2, 0.25) is 5.02 Å². The minimum absolute atomic E-state index is 0.115. The fourth-order valence-corrected chi connectivity index (χ4v) is 2.30. The minimum atomic E-state index is 0.115. The number of ketones is 1. The highest BCUT2D eigenvalue weighted by Crippen LogP contribution is 2.43. The van der Waals surface area contributed by atoms with Gasteiger partial charge in [-0.15, -0.1) is 0 Å². The Hall–Kier alpha value is -1.22. The van der Waals surface area contributed by atoms with Crippen molar-refractivity contribution in [2.75, 3.05) is 6.79 Å². The number of hydrogen-bond donors (Lipinski definition) is 0. The summed E-state index contributed by atoms with van der Waals surface area (Å²) in [4.78, 5) is 11.2. The molecule has 1 heterocycles. The molecule has 0 aromatic heterocycles. The molecule has 0 N–H and O–H groups in total. The van der Waals surface area contributed by atoms with Crippen LogP contribution >= 0.6 is 11.6 Å². The third-order valence-electron chi connectivity index (χ3n) is 2.59. The van der Waals surface area contributed by atoms with Gasteiger partial charge in [0.05, 0.1) is 5.02 Å². The summed E-state index contributed by atoms with van der Waals surface area (Å²) in [5, 5.41) is 0.578. The summed E-state index contributed by atoms with van der Waals surface area (Å²) in [6.45, 7) is 3.77. The van der Waals surface area contributed by atoms with E-state index in [1.165, 1.54) is 0 Å². The maximum atomic E-state index is 11.2. The van der Waals surface area contributed by atoms with Gasteiger partial charge < -0.3 is 9.47 Å². The average molecular weight is 241 g/mol. The number of Topliss-reactive ketones (excluding diaryl/α,β-unsaturated/α-hetero) is 1. The Morgan fingerprint density at radius 1 is 1.50 bits per heavy atom. The van der Waals surface area contributed by atoms with Gasteiger partial charge in [-0.1, -0.05) is 18.5 Å². The number of fused-ring (bicyclic) bond motifs is 1. The molecule has 0 fully saturated rings. The van der Waals surface area contributed by atoms with Crippen molar-refractivity contribution in [3.8, 4) is 11.5 Å². The van der Waals surface area contributed by atoms with Crippen molar-refractivity contribution < 1.29 is 14.3 Å². The van der Waals surface area contributed by atoms with Crippen molar-refractivity contribution in [3.63, 3.8) is 0 Å². The van der Waals surface area contributed by atoms with Crippen LogP contribution in [0.25, 0.3) is 0 Å². The first-order valence-corrected chi connectivity index (χ1v) is 5.60. The number of hydrogen-bond acceptors (Lipinski definition) is 3. The summed E-state index contributed by atoms with van der Waals surface area (Å²) in [6.07, 6.45) is 1.16. The van der Waals surface area contributed by atoms with E-state index < -0.39 is 0 Å². The summed E-state index contributed by atoms with van der Waals surface area (Å²) in [5.74, 6) is 1.36. The van der Waals surface area contributed by atoms with E-state index in [2.05, 4.69) is 0 Å². The van der Waals surface area contributed by atoms with E-state index in [-0.39, 0.29) is 12.6 Å². The SMILES string of the molecule is CCc1c(CC(C)=O)cc2c(c1Cl)OCO2. The van der Waals surface area contributed by atoms with Gasteiger partial charge in [0, 0.05) is 6.42 Å². The largest absolute Gasteiger partial charge is 0.454 e. The quantitative estimate of drug-likeness (QED) is 0.815. The second-order valence-corrected chi connectivity index (χ2v) is 4.17. The third kappa shape index (κ3) is 1.87. The van der Waals surface area contributed by atoms with E-state index in [4.69, 9.17) is 21.1 Å². The summed E-state index contributed by atoms with van der Waals surface area (Å²) in [7, 11) is 0. The molecule has 4 heteroatoms. The third-order valence-corrected chi connectivity index (χ3v) is 2.99. The molecule has 0 bridgehead atoms. The Balaban J connectivity index is 2.52. The van der Waals surface area contributed by atoms with Crippen LogP contribution in [0, 0.1) is 0 Å². The molecule has 0 atom stereocenters. The topological polar surface area (TPSA) is 35.5 Å². The van der Waals surface area contributed by atoms with E-state index in [0.717, 1.165) is 17.5 Å². The molecule has 1 aliphatic rings. The Morgan fingerprint density at radius 2 is 2.25 bits per heavy atom. The molecule has 0 aliphatic carbocycles. The predicted octanol–water partition coefficient (Wildman–Crippen LogP) is 2.76. The lowest BCUT2D eigenvalue weighted by atomic mass is 10.00. The van der Waals surface area contributed by atoms with E-state index in [0.29, 0.717) is 22.9 Å². The van der Waals surface area contributed by atoms with Gasteiger partial charge >= 0.3 is 0 Å². The van der Waals surface area contributed by atoms with Crippen LogP contribution in [-0.2, 0) is 17.6 Å². The lowest BCUT2D eigenvalue weighted by Gasteiger charge is -2.10. The Labute approximate surface area is 99.3 Å². The molecule has 86 valence electrons. The Morgan fingerprint density at radius 3 is 2.88 bits per heavy atom. The van der Waals surface area contributed by atoms with Crippen molar-refractivity contribution in [2.45, 2.75) is 26.7 Å². The Bertz CT molecular complexity index is 440. The zero-order valence-electron chi connectivity index (χ0n) is 9.30. The molecule has 3 nitrogen and oxygen atoms in total. The first-order valence-electron chi connectivity index (χ1n) is 5.22. The molecule has 0 unspecified atom stereocenters. The van der Waals surface area contributed by atoms with Gasteiger partial charge in [-0.2, -0.15) is 0 Å². The van der Waals surface area contributed by atoms with Crippen LogP contribution in [-0.4, -0.2) is 12.6 Å². The summed E-state index contributed by atoms with van der Waals surface area (Å²) in [5.41, 5.74) is 1.91. The van der Waals surface area contributed by atoms with E-state index in [1.54, 1.807) is 6.92 Å². The normalized spacial score (nSPS) is 12.9. The number of carbonyl (C=O) groups is 1. The maximum absolute atomic E-state index is 11.2. The highest BCUT2D eigenvalue weighted by atomic mass is 35.5. The molecule has 1 aromatic rings. The standard InChI is InChI=1S/C12H13ClO3/c1-3-9-8(4-7(2)14)5-10-12(11(9)13)16-6-15-10/h5H,3-4,6H2,1-2H3. The van der Waals surface area contributed by atoms with Gasteiger partial charge in [0.15, 0.2) is 11.5 Å². The molecule has 16 heavy (non-hydrogen) atoms. The molecular formula is C12H13ClO3. The van der Waals surface area contributed by atoms with Crippen LogP contribution in [0.3, 0.4) is 0 Å². The average Bonchev–Trinajstić information content (AvgIpc) is 2.65. The smallest absolute Gasteiger partial charge is 0.231 e. The lowest BCUT2D eigenvalue weighted by molar-refractivity contribution is -0.116. The molecule has 0 amide bonds. The minimum Gasteiger partial charge on any atom is -0.454 e. The van der Waals surface area contributed by atoms with Gasteiger partial charge in [-0.3, -0.25) is 4.79 Å². The summed E-state index contributed by atoms with van der Waals surface area (Å²) >= 11 is 6.23. The van der Waals surface area contributed by atoms with Gasteiger partial charge in [0.25, 0.3) is 0 Å². The van der Waals surface area contributed by atoms with Crippen molar-refractivity contribution in [2.24, 2.45) is 0 Å². The zero-order chi connectivity index (χ0) is 11.7. The molecule has 1 aliphatic heterocycles. The fraction of sp³-hybridized carbons (Fsp3) is 0.417. The van der Waals surface area contributed by atoms with Crippen molar-refractivity contribution in [1.82, 2.24) is 0 Å². The number of carbonyl (C=O) groups excluding carboxylic acids is 1. The highest BCUT2D eigenvalue weighted by molar-refractivity contribution is 6.33. The van der Waals surface area contributed by atoms with Gasteiger partial charge in [-0.05, 0) is 30.5 Å². The first-order chi connectivity index (χ1) is 7.63. The summed E-state index contributed by atoms with van der Waals surface area (Å²) < 4.78 is 10.6. The van der Waals surface area contributed by atoms with Crippen LogP contribution in [0.15, 0.2) is 6.07 Å². The highest BCUT2D eigenvalue weighted by Gasteiger charge is 2.22. The van der Waals surface area contributed by atoms with Crippen molar-refractivity contribution in [3.05, 3.63) is 22.2 Å². The van der Waals surface area contributed by atoms with E-state index >= 15 is 0 Å². The number of benzene rings is 1. The van der Waals surface area contributed by atoms with Crippen LogP contribution < -0.4 is 9.47 Å². The molecular weight excluding hydrogens is 228 g/mol. The van der Waals surface area contributed by atoms with Crippen LogP contribution in [0.1, 0.15) is 25.0 Å². The monoisotopic (exact) mass is 240 g/mol. The first kappa shape index (κ1) is 11.3. The van der Waals surface area contributed by atoms with Gasteiger partial charge in [-0.25, -0.2) is 0 Å². The second-order valence-electron chi connectivity index (χ2n) is 3.79. The Kier molecular flexibility index (Phi) is 3.06. The molecule has 0 saturated carbocycles. The predicted molar refractivity (Wildman–Crippen MR) is 61.3 cm³/mol. The zero-order valence-corrected chi connectivity index (χ0v) is 10.1. The number of halogens is 1. The summed E-state index contributed by atoms with van der Waals surface area (Å²) in [6, 6.07) is 1.86. The van der Waals surface area contributed by atoms with E-state index in [1.807, 2.05) is 13.0 Å². The van der Waals surface area contributed by atoms with Gasteiger partial charge in [0.1, 0.15) is 5.78 Å². The van der Waals surface area contributed by atoms with Crippen LogP contribution in [0.4, 0.5) is 0 Å². The lowest BCUT2D eigenvalue weighted by Crippen LogP contribution is -2.01. The van der Waals surface area contributed by atoms with Crippen LogP contribution in [0.5, 0.6) is 11.5 Å². The molecule has 1 aromatic carbocycles. The van der Waals surface area contributed by atoms with Crippen molar-refractivity contribution in [1.29, 1.82) is 0 Å². The molecule has 0 saturated heterocycles. The molecule has 0 spiro atoms. The maximum Gasteiger partial charge on any atom is 0.231 e. The molecule has 0 radical (unpaired) electrons. The van der Waals surface area contributed by atoms with Gasteiger partial charge in [0.2, 0.25) is 6.79 Å².